The van der Waals surface area contributed by atoms with Crippen LogP contribution < -0.4 is 10.5 Å². The maximum Gasteiger partial charge on any atom is 0.131 e. The van der Waals surface area contributed by atoms with Crippen molar-refractivity contribution in [3.05, 3.63) is 45.7 Å². The third-order valence-electron chi connectivity index (χ3n) is 3.35. The first kappa shape index (κ1) is 14.9. The Morgan fingerprint density at radius 2 is 2.10 bits per heavy atom. The minimum Gasteiger partial charge on any atom is -0.487 e. The molecule has 2 rings (SSSR count). The fraction of sp³-hybridized carbons (Fsp3) is 0.400. The first-order valence-corrected chi connectivity index (χ1v) is 6.95. The summed E-state index contributed by atoms with van der Waals surface area (Å²) in [6.07, 6.45) is 0. The molecule has 108 valence electrons. The zero-order chi connectivity index (χ0) is 14.9. The van der Waals surface area contributed by atoms with Gasteiger partial charge >= 0.3 is 0 Å². The molecule has 0 aliphatic carbocycles. The molecule has 0 aliphatic rings. The van der Waals surface area contributed by atoms with E-state index in [1.54, 1.807) is 4.68 Å². The Kier molecular flexibility index (Phi) is 4.35. The number of aromatic nitrogens is 2. The third kappa shape index (κ3) is 2.97. The summed E-state index contributed by atoms with van der Waals surface area (Å²) in [6, 6.07) is 6.02. The molecule has 0 spiro atoms. The fourth-order valence-corrected chi connectivity index (χ4v) is 2.32. The average molecular weight is 294 g/mol. The van der Waals surface area contributed by atoms with Gasteiger partial charge in [0.1, 0.15) is 12.4 Å². The first-order valence-electron chi connectivity index (χ1n) is 6.57. The van der Waals surface area contributed by atoms with Crippen LogP contribution in [0.15, 0.2) is 18.2 Å². The van der Waals surface area contributed by atoms with E-state index in [0.717, 1.165) is 28.3 Å². The van der Waals surface area contributed by atoms with Crippen LogP contribution in [0.2, 0.25) is 5.02 Å². The highest BCUT2D eigenvalue weighted by molar-refractivity contribution is 6.31. The Morgan fingerprint density at radius 1 is 1.40 bits per heavy atom. The minimum atomic E-state index is 0.0249. The molecular weight excluding hydrogens is 274 g/mol. The van der Waals surface area contributed by atoms with Gasteiger partial charge in [-0.15, -0.1) is 0 Å². The Bertz CT molecular complexity index is 620. The van der Waals surface area contributed by atoms with Crippen molar-refractivity contribution in [2.45, 2.75) is 33.4 Å². The molecule has 0 radical (unpaired) electrons. The molecule has 5 heteroatoms. The van der Waals surface area contributed by atoms with E-state index in [4.69, 9.17) is 22.1 Å². The lowest BCUT2D eigenvalue weighted by Crippen LogP contribution is -2.07. The van der Waals surface area contributed by atoms with Crippen LogP contribution in [0.3, 0.4) is 0 Å². The van der Waals surface area contributed by atoms with Crippen LogP contribution in [0.25, 0.3) is 0 Å². The molecule has 0 saturated heterocycles. The highest BCUT2D eigenvalue weighted by Gasteiger charge is 2.12. The number of benzene rings is 1. The molecule has 4 nitrogen and oxygen atoms in total. The second-order valence-corrected chi connectivity index (χ2v) is 5.45. The molecule has 0 fully saturated rings. The van der Waals surface area contributed by atoms with E-state index in [1.165, 1.54) is 0 Å². The van der Waals surface area contributed by atoms with Crippen LogP contribution in [-0.2, 0) is 13.7 Å². The van der Waals surface area contributed by atoms with E-state index >= 15 is 0 Å². The van der Waals surface area contributed by atoms with Gasteiger partial charge in [-0.3, -0.25) is 4.68 Å². The molecule has 0 saturated carbocycles. The standard InChI is InChI=1S/C15H20ClN3O/c1-9-7-12(10(2)17)5-6-14(9)20-8-13-15(16)11(3)18-19(13)4/h5-7,10H,8,17H2,1-4H3/t10-/m1/s1. The second-order valence-electron chi connectivity index (χ2n) is 5.07. The molecule has 2 aromatic rings. The summed E-state index contributed by atoms with van der Waals surface area (Å²) in [5.74, 6) is 0.837. The molecular formula is C15H20ClN3O. The number of nitrogens with two attached hydrogens (primary N) is 1. The zero-order valence-corrected chi connectivity index (χ0v) is 13.0. The lowest BCUT2D eigenvalue weighted by Gasteiger charge is -2.12. The number of hydrogen-bond acceptors (Lipinski definition) is 3. The molecule has 1 aromatic carbocycles. The van der Waals surface area contributed by atoms with Crippen LogP contribution in [0.1, 0.15) is 35.5 Å². The van der Waals surface area contributed by atoms with Crippen molar-refractivity contribution in [2.24, 2.45) is 12.8 Å². The van der Waals surface area contributed by atoms with Crippen molar-refractivity contribution >= 4 is 11.6 Å². The van der Waals surface area contributed by atoms with E-state index in [-0.39, 0.29) is 6.04 Å². The molecule has 1 atom stereocenters. The van der Waals surface area contributed by atoms with E-state index in [0.29, 0.717) is 11.6 Å². The summed E-state index contributed by atoms with van der Waals surface area (Å²) in [6.45, 7) is 6.26. The fourth-order valence-electron chi connectivity index (χ4n) is 2.10. The molecule has 20 heavy (non-hydrogen) atoms. The molecule has 0 bridgehead atoms. The third-order valence-corrected chi connectivity index (χ3v) is 3.84. The molecule has 0 unspecified atom stereocenters. The van der Waals surface area contributed by atoms with Crippen LogP contribution in [0, 0.1) is 13.8 Å². The maximum absolute atomic E-state index is 6.21. The van der Waals surface area contributed by atoms with Gasteiger partial charge in [-0.25, -0.2) is 0 Å². The van der Waals surface area contributed by atoms with Crippen molar-refractivity contribution in [3.63, 3.8) is 0 Å². The van der Waals surface area contributed by atoms with Crippen molar-refractivity contribution in [1.82, 2.24) is 9.78 Å². The first-order chi connectivity index (χ1) is 9.40. The van der Waals surface area contributed by atoms with E-state index in [2.05, 4.69) is 11.2 Å². The number of hydrogen-bond donors (Lipinski definition) is 1. The number of ether oxygens (including phenoxy) is 1. The topological polar surface area (TPSA) is 53.1 Å². The average Bonchev–Trinajstić information content (AvgIpc) is 2.62. The van der Waals surface area contributed by atoms with Gasteiger partial charge in [0.25, 0.3) is 0 Å². The maximum atomic E-state index is 6.21. The van der Waals surface area contributed by atoms with Gasteiger partial charge in [0, 0.05) is 13.1 Å². The zero-order valence-electron chi connectivity index (χ0n) is 12.3. The Hall–Kier alpha value is -1.52. The molecule has 0 amide bonds. The lowest BCUT2D eigenvalue weighted by atomic mass is 10.1. The summed E-state index contributed by atoms with van der Waals surface area (Å²) in [7, 11) is 1.86. The van der Waals surface area contributed by atoms with Crippen molar-refractivity contribution in [3.8, 4) is 5.75 Å². The SMILES string of the molecule is Cc1cc([C@@H](C)N)ccc1OCc1c(Cl)c(C)nn1C. The van der Waals surface area contributed by atoms with E-state index in [9.17, 15) is 0 Å². The predicted molar refractivity (Wildman–Crippen MR) is 81.1 cm³/mol. The van der Waals surface area contributed by atoms with Gasteiger partial charge in [-0.1, -0.05) is 23.7 Å². The number of aryl methyl sites for hydroxylation is 3. The van der Waals surface area contributed by atoms with E-state index in [1.807, 2.05) is 40.0 Å². The van der Waals surface area contributed by atoms with Crippen molar-refractivity contribution in [1.29, 1.82) is 0 Å². The normalized spacial score (nSPS) is 12.5. The molecule has 1 heterocycles. The minimum absolute atomic E-state index is 0.0249. The van der Waals surface area contributed by atoms with E-state index < -0.39 is 0 Å². The summed E-state index contributed by atoms with van der Waals surface area (Å²) < 4.78 is 7.60. The number of halogens is 1. The molecule has 0 aliphatic heterocycles. The van der Waals surface area contributed by atoms with Gasteiger partial charge < -0.3 is 10.5 Å². The Labute approximate surface area is 124 Å². The van der Waals surface area contributed by atoms with Gasteiger partial charge in [0.15, 0.2) is 0 Å². The number of nitrogens with zero attached hydrogens (tertiary/aromatic N) is 2. The van der Waals surface area contributed by atoms with Crippen molar-refractivity contribution < 1.29 is 4.74 Å². The monoisotopic (exact) mass is 293 g/mol. The number of rotatable bonds is 4. The van der Waals surface area contributed by atoms with Crippen LogP contribution in [0.4, 0.5) is 0 Å². The summed E-state index contributed by atoms with van der Waals surface area (Å²) in [5.41, 5.74) is 9.73. The van der Waals surface area contributed by atoms with Crippen LogP contribution >= 0.6 is 11.6 Å². The van der Waals surface area contributed by atoms with Gasteiger partial charge in [-0.2, -0.15) is 5.10 Å². The molecule has 1 aromatic heterocycles. The van der Waals surface area contributed by atoms with Crippen LogP contribution in [-0.4, -0.2) is 9.78 Å². The highest BCUT2D eigenvalue weighted by Crippen LogP contribution is 2.25. The quantitative estimate of drug-likeness (QED) is 0.941. The van der Waals surface area contributed by atoms with Gasteiger partial charge in [0.05, 0.1) is 16.4 Å². The Balaban J connectivity index is 2.15. The summed E-state index contributed by atoms with van der Waals surface area (Å²) in [4.78, 5) is 0. The second kappa shape index (κ2) is 5.85. The largest absolute Gasteiger partial charge is 0.487 e. The van der Waals surface area contributed by atoms with Crippen molar-refractivity contribution in [2.75, 3.05) is 0 Å². The van der Waals surface area contributed by atoms with Crippen LogP contribution in [0.5, 0.6) is 5.75 Å². The van der Waals surface area contributed by atoms with Gasteiger partial charge in [-0.05, 0) is 38.0 Å². The van der Waals surface area contributed by atoms with Gasteiger partial charge in [0.2, 0.25) is 0 Å². The highest BCUT2D eigenvalue weighted by atomic mass is 35.5. The molecule has 2 N–H and O–H groups in total. The summed E-state index contributed by atoms with van der Waals surface area (Å²) in [5, 5.41) is 4.94. The smallest absolute Gasteiger partial charge is 0.131 e. The lowest BCUT2D eigenvalue weighted by molar-refractivity contribution is 0.293. The Morgan fingerprint density at radius 3 is 2.60 bits per heavy atom. The predicted octanol–water partition coefficient (Wildman–Crippen LogP) is 3.29. The summed E-state index contributed by atoms with van der Waals surface area (Å²) >= 11 is 6.21.